The van der Waals surface area contributed by atoms with Crippen LogP contribution in [0, 0.1) is 5.92 Å². The Morgan fingerprint density at radius 2 is 1.96 bits per heavy atom. The van der Waals surface area contributed by atoms with Crippen molar-refractivity contribution in [1.82, 2.24) is 4.98 Å². The summed E-state index contributed by atoms with van der Waals surface area (Å²) in [5.41, 5.74) is 6.66. The molecule has 1 aromatic heterocycles. The molecule has 1 unspecified atom stereocenters. The Morgan fingerprint density at radius 1 is 1.14 bits per heavy atom. The SMILES string of the molecule is CC1CCc2[nH]c3ccc(C(=O)Nc4ccccc4N4CCCC4)cc3c2C1. The van der Waals surface area contributed by atoms with Crippen molar-refractivity contribution in [3.05, 3.63) is 59.3 Å². The van der Waals surface area contributed by atoms with Crippen molar-refractivity contribution in [3.63, 3.8) is 0 Å². The largest absolute Gasteiger partial charge is 0.370 e. The summed E-state index contributed by atoms with van der Waals surface area (Å²) in [5.74, 6) is 0.670. The molecule has 4 heteroatoms. The summed E-state index contributed by atoms with van der Waals surface area (Å²) in [5, 5.41) is 4.37. The number of carbonyl (C=O) groups is 1. The topological polar surface area (TPSA) is 48.1 Å². The number of nitrogens with zero attached hydrogens (tertiary/aromatic N) is 1. The third-order valence-corrected chi connectivity index (χ3v) is 6.30. The number of para-hydroxylation sites is 2. The van der Waals surface area contributed by atoms with Crippen LogP contribution in [0.3, 0.4) is 0 Å². The highest BCUT2D eigenvalue weighted by Gasteiger charge is 2.21. The number of anilines is 2. The molecule has 5 rings (SSSR count). The molecule has 0 radical (unpaired) electrons. The molecule has 2 N–H and O–H groups in total. The second kappa shape index (κ2) is 7.01. The first-order chi connectivity index (χ1) is 13.7. The summed E-state index contributed by atoms with van der Waals surface area (Å²) in [4.78, 5) is 19.0. The smallest absolute Gasteiger partial charge is 0.255 e. The molecule has 1 atom stereocenters. The van der Waals surface area contributed by atoms with Crippen LogP contribution in [-0.2, 0) is 12.8 Å². The van der Waals surface area contributed by atoms with Gasteiger partial charge in [0.05, 0.1) is 11.4 Å². The lowest BCUT2D eigenvalue weighted by molar-refractivity contribution is 0.102. The van der Waals surface area contributed by atoms with Gasteiger partial charge in [-0.1, -0.05) is 19.1 Å². The third-order valence-electron chi connectivity index (χ3n) is 6.30. The molecule has 1 aliphatic heterocycles. The van der Waals surface area contributed by atoms with Crippen LogP contribution in [0.2, 0.25) is 0 Å². The quantitative estimate of drug-likeness (QED) is 0.667. The Labute approximate surface area is 165 Å². The van der Waals surface area contributed by atoms with Gasteiger partial charge in [-0.3, -0.25) is 4.79 Å². The summed E-state index contributed by atoms with van der Waals surface area (Å²) >= 11 is 0. The molecule has 1 saturated heterocycles. The van der Waals surface area contributed by atoms with E-state index < -0.39 is 0 Å². The minimum Gasteiger partial charge on any atom is -0.370 e. The van der Waals surface area contributed by atoms with Crippen LogP contribution in [0.1, 0.15) is 47.8 Å². The van der Waals surface area contributed by atoms with Crippen molar-refractivity contribution in [3.8, 4) is 0 Å². The van der Waals surface area contributed by atoms with Gasteiger partial charge in [0, 0.05) is 35.2 Å². The number of aromatic nitrogens is 1. The van der Waals surface area contributed by atoms with Crippen LogP contribution in [-0.4, -0.2) is 24.0 Å². The van der Waals surface area contributed by atoms with Gasteiger partial charge in [0.25, 0.3) is 5.91 Å². The summed E-state index contributed by atoms with van der Waals surface area (Å²) < 4.78 is 0. The van der Waals surface area contributed by atoms with E-state index >= 15 is 0 Å². The van der Waals surface area contributed by atoms with E-state index in [1.54, 1.807) is 0 Å². The third kappa shape index (κ3) is 3.07. The highest BCUT2D eigenvalue weighted by atomic mass is 16.1. The fourth-order valence-electron chi connectivity index (χ4n) is 4.74. The number of amides is 1. The van der Waals surface area contributed by atoms with Gasteiger partial charge in [-0.2, -0.15) is 0 Å². The maximum absolute atomic E-state index is 13.0. The van der Waals surface area contributed by atoms with E-state index in [4.69, 9.17) is 0 Å². The average Bonchev–Trinajstić information content (AvgIpc) is 3.36. The van der Waals surface area contributed by atoms with E-state index in [0.717, 1.165) is 48.4 Å². The molecule has 28 heavy (non-hydrogen) atoms. The van der Waals surface area contributed by atoms with Crippen LogP contribution in [0.5, 0.6) is 0 Å². The van der Waals surface area contributed by atoms with Gasteiger partial charge in [0.1, 0.15) is 0 Å². The molecule has 0 saturated carbocycles. The predicted octanol–water partition coefficient (Wildman–Crippen LogP) is 5.15. The maximum Gasteiger partial charge on any atom is 0.255 e. The van der Waals surface area contributed by atoms with Gasteiger partial charge in [-0.15, -0.1) is 0 Å². The van der Waals surface area contributed by atoms with Crippen molar-refractivity contribution >= 4 is 28.2 Å². The number of benzene rings is 2. The molecule has 1 aliphatic carbocycles. The van der Waals surface area contributed by atoms with Gasteiger partial charge in [0.15, 0.2) is 0 Å². The number of aromatic amines is 1. The molecule has 0 bridgehead atoms. The lowest BCUT2D eigenvalue weighted by Crippen LogP contribution is -2.21. The van der Waals surface area contributed by atoms with E-state index in [9.17, 15) is 4.79 Å². The molecule has 3 aromatic rings. The van der Waals surface area contributed by atoms with E-state index in [0.29, 0.717) is 5.92 Å². The number of fused-ring (bicyclic) bond motifs is 3. The highest BCUT2D eigenvalue weighted by molar-refractivity contribution is 6.08. The van der Waals surface area contributed by atoms with Crippen molar-refractivity contribution < 1.29 is 4.79 Å². The minimum absolute atomic E-state index is 0.0349. The Kier molecular flexibility index (Phi) is 4.34. The van der Waals surface area contributed by atoms with Crippen molar-refractivity contribution in [1.29, 1.82) is 0 Å². The molecule has 2 heterocycles. The molecule has 1 amide bonds. The van der Waals surface area contributed by atoms with E-state index in [1.165, 1.54) is 35.9 Å². The second-order valence-electron chi connectivity index (χ2n) is 8.36. The monoisotopic (exact) mass is 373 g/mol. The van der Waals surface area contributed by atoms with E-state index in [1.807, 2.05) is 24.3 Å². The van der Waals surface area contributed by atoms with Crippen molar-refractivity contribution in [2.24, 2.45) is 5.92 Å². The molecule has 1 fully saturated rings. The Balaban J connectivity index is 1.45. The summed E-state index contributed by atoms with van der Waals surface area (Å²) in [6, 6.07) is 14.2. The van der Waals surface area contributed by atoms with Gasteiger partial charge < -0.3 is 15.2 Å². The molecular formula is C24H27N3O. The van der Waals surface area contributed by atoms with Gasteiger partial charge in [-0.25, -0.2) is 0 Å². The highest BCUT2D eigenvalue weighted by Crippen LogP contribution is 2.33. The van der Waals surface area contributed by atoms with Crippen molar-refractivity contribution in [2.75, 3.05) is 23.3 Å². The molecule has 2 aliphatic rings. The molecule has 2 aromatic carbocycles. The standard InChI is InChI=1S/C24H27N3O/c1-16-8-10-20-18(14-16)19-15-17(9-11-21(19)25-20)24(28)26-22-6-2-3-7-23(22)27-12-4-5-13-27/h2-3,6-7,9,11,15-16,25H,4-5,8,10,12-14H2,1H3,(H,26,28). The number of hydrogen-bond donors (Lipinski definition) is 2. The van der Waals surface area contributed by atoms with Crippen LogP contribution < -0.4 is 10.2 Å². The predicted molar refractivity (Wildman–Crippen MR) is 115 cm³/mol. The first kappa shape index (κ1) is 17.4. The van der Waals surface area contributed by atoms with Crippen LogP contribution in [0.25, 0.3) is 10.9 Å². The molecular weight excluding hydrogens is 346 g/mol. The maximum atomic E-state index is 13.0. The number of hydrogen-bond acceptors (Lipinski definition) is 2. The lowest BCUT2D eigenvalue weighted by Gasteiger charge is -2.21. The van der Waals surface area contributed by atoms with Crippen LogP contribution in [0.4, 0.5) is 11.4 Å². The fraction of sp³-hybridized carbons (Fsp3) is 0.375. The van der Waals surface area contributed by atoms with Crippen molar-refractivity contribution in [2.45, 2.75) is 39.0 Å². The zero-order valence-corrected chi connectivity index (χ0v) is 16.4. The normalized spacial score (nSPS) is 19.0. The zero-order chi connectivity index (χ0) is 19.1. The first-order valence-electron chi connectivity index (χ1n) is 10.5. The first-order valence-corrected chi connectivity index (χ1v) is 10.5. The number of nitrogens with one attached hydrogen (secondary N) is 2. The summed E-state index contributed by atoms with van der Waals surface area (Å²) in [6.45, 7) is 4.44. The fourth-order valence-corrected chi connectivity index (χ4v) is 4.74. The second-order valence-corrected chi connectivity index (χ2v) is 8.36. The molecule has 0 spiro atoms. The number of aryl methyl sites for hydroxylation is 1. The summed E-state index contributed by atoms with van der Waals surface area (Å²) in [7, 11) is 0. The van der Waals surface area contributed by atoms with E-state index in [2.05, 4.69) is 40.3 Å². The van der Waals surface area contributed by atoms with Crippen LogP contribution in [0.15, 0.2) is 42.5 Å². The zero-order valence-electron chi connectivity index (χ0n) is 16.4. The van der Waals surface area contributed by atoms with E-state index in [-0.39, 0.29) is 5.91 Å². The van der Waals surface area contributed by atoms with Gasteiger partial charge in [-0.05, 0) is 73.9 Å². The minimum atomic E-state index is -0.0349. The Hall–Kier alpha value is -2.75. The number of carbonyl (C=O) groups excluding carboxylic acids is 1. The average molecular weight is 374 g/mol. The molecule has 4 nitrogen and oxygen atoms in total. The van der Waals surface area contributed by atoms with Crippen LogP contribution >= 0.6 is 0 Å². The Morgan fingerprint density at radius 3 is 2.82 bits per heavy atom. The molecule has 144 valence electrons. The van der Waals surface area contributed by atoms with Gasteiger partial charge >= 0.3 is 0 Å². The number of H-pyrrole nitrogens is 1. The Bertz CT molecular complexity index is 1030. The summed E-state index contributed by atoms with van der Waals surface area (Å²) in [6.07, 6.45) is 5.88. The lowest BCUT2D eigenvalue weighted by atomic mass is 9.87. The van der Waals surface area contributed by atoms with Gasteiger partial charge in [0.2, 0.25) is 0 Å². The number of rotatable bonds is 3.